The first-order chi connectivity index (χ1) is 9.70. The lowest BCUT2D eigenvalue weighted by Crippen LogP contribution is -2.16. The summed E-state index contributed by atoms with van der Waals surface area (Å²) in [6, 6.07) is 10.0. The zero-order chi connectivity index (χ0) is 14.4. The van der Waals surface area contributed by atoms with Crippen molar-refractivity contribution in [2.24, 2.45) is 0 Å². The first-order valence-corrected chi connectivity index (χ1v) is 7.53. The number of thioether (sulfide) groups is 1. The van der Waals surface area contributed by atoms with E-state index in [0.29, 0.717) is 29.7 Å². The van der Waals surface area contributed by atoms with Gasteiger partial charge in [0.05, 0.1) is 11.6 Å². The van der Waals surface area contributed by atoms with Gasteiger partial charge in [0.15, 0.2) is 5.16 Å². The number of aromatic nitrogens is 2. The second kappa shape index (κ2) is 7.26. The molecule has 0 bridgehead atoms. The molecule has 0 aliphatic heterocycles. The minimum Gasteiger partial charge on any atom is -0.371 e. The van der Waals surface area contributed by atoms with E-state index in [4.69, 9.17) is 4.74 Å². The summed E-state index contributed by atoms with van der Waals surface area (Å²) in [6.07, 6.45) is 0.665. The second-order valence-corrected chi connectivity index (χ2v) is 5.27. The molecule has 0 spiro atoms. The molecule has 0 radical (unpaired) electrons. The molecular weight excluding hydrogens is 272 g/mol. The first-order valence-electron chi connectivity index (χ1n) is 6.55. The second-order valence-electron chi connectivity index (χ2n) is 4.36. The SMILES string of the molecule is CCOCSc1nc(Cc2ccccc2)c(C)c(=O)[nH]1. The van der Waals surface area contributed by atoms with Gasteiger partial charge < -0.3 is 9.72 Å². The number of hydrogen-bond acceptors (Lipinski definition) is 4. The van der Waals surface area contributed by atoms with Crippen molar-refractivity contribution >= 4 is 11.8 Å². The van der Waals surface area contributed by atoms with Gasteiger partial charge in [-0.1, -0.05) is 42.1 Å². The smallest absolute Gasteiger partial charge is 0.254 e. The van der Waals surface area contributed by atoms with Crippen molar-refractivity contribution in [1.82, 2.24) is 9.97 Å². The Balaban J connectivity index is 2.21. The highest BCUT2D eigenvalue weighted by Gasteiger charge is 2.08. The topological polar surface area (TPSA) is 55.0 Å². The lowest BCUT2D eigenvalue weighted by molar-refractivity contribution is 0.199. The summed E-state index contributed by atoms with van der Waals surface area (Å²) in [5.41, 5.74) is 2.56. The van der Waals surface area contributed by atoms with Crippen LogP contribution in [-0.2, 0) is 11.2 Å². The lowest BCUT2D eigenvalue weighted by atomic mass is 10.1. The van der Waals surface area contributed by atoms with Gasteiger partial charge in [-0.15, -0.1) is 0 Å². The largest absolute Gasteiger partial charge is 0.371 e. The zero-order valence-electron chi connectivity index (χ0n) is 11.7. The summed E-state index contributed by atoms with van der Waals surface area (Å²) in [5.74, 6) is 0.493. The fourth-order valence-electron chi connectivity index (χ4n) is 1.77. The maximum absolute atomic E-state index is 11.9. The molecule has 20 heavy (non-hydrogen) atoms. The molecule has 106 valence electrons. The van der Waals surface area contributed by atoms with Gasteiger partial charge in [0, 0.05) is 18.6 Å². The van der Waals surface area contributed by atoms with Crippen LogP contribution in [0.4, 0.5) is 0 Å². The van der Waals surface area contributed by atoms with Crippen LogP contribution in [0.1, 0.15) is 23.7 Å². The number of benzene rings is 1. The number of nitrogens with zero attached hydrogens (tertiary/aromatic N) is 1. The zero-order valence-corrected chi connectivity index (χ0v) is 12.5. The van der Waals surface area contributed by atoms with Crippen molar-refractivity contribution < 1.29 is 4.74 Å². The van der Waals surface area contributed by atoms with E-state index in [0.717, 1.165) is 11.3 Å². The van der Waals surface area contributed by atoms with E-state index in [1.54, 1.807) is 6.92 Å². The van der Waals surface area contributed by atoms with E-state index in [2.05, 4.69) is 9.97 Å². The quantitative estimate of drug-likeness (QED) is 0.385. The van der Waals surface area contributed by atoms with Crippen molar-refractivity contribution in [3.8, 4) is 0 Å². The molecular formula is C15H18N2O2S. The molecule has 4 nitrogen and oxygen atoms in total. The summed E-state index contributed by atoms with van der Waals surface area (Å²) < 4.78 is 5.27. The molecule has 0 unspecified atom stereocenters. The Morgan fingerprint density at radius 3 is 2.75 bits per heavy atom. The maximum Gasteiger partial charge on any atom is 0.254 e. The summed E-state index contributed by atoms with van der Waals surface area (Å²) in [5, 5.41) is 0.611. The Hall–Kier alpha value is -1.59. The van der Waals surface area contributed by atoms with E-state index in [-0.39, 0.29) is 5.56 Å². The van der Waals surface area contributed by atoms with Crippen molar-refractivity contribution in [2.75, 3.05) is 12.5 Å². The molecule has 0 atom stereocenters. The molecule has 2 rings (SSSR count). The van der Waals surface area contributed by atoms with E-state index in [1.165, 1.54) is 11.8 Å². The number of rotatable bonds is 6. The van der Waals surface area contributed by atoms with Crippen molar-refractivity contribution in [3.05, 3.63) is 57.5 Å². The fourth-order valence-corrected chi connectivity index (χ4v) is 2.47. The van der Waals surface area contributed by atoms with Crippen LogP contribution in [0.5, 0.6) is 0 Å². The molecule has 1 N–H and O–H groups in total. The van der Waals surface area contributed by atoms with Crippen LogP contribution < -0.4 is 5.56 Å². The predicted octanol–water partition coefficient (Wildman–Crippen LogP) is 2.76. The molecule has 0 saturated carbocycles. The summed E-state index contributed by atoms with van der Waals surface area (Å²) in [7, 11) is 0. The van der Waals surface area contributed by atoms with Crippen LogP contribution in [0.3, 0.4) is 0 Å². The lowest BCUT2D eigenvalue weighted by Gasteiger charge is -2.07. The molecule has 0 aliphatic rings. The third-order valence-electron chi connectivity index (χ3n) is 2.93. The Bertz CT molecular complexity index is 611. The van der Waals surface area contributed by atoms with Crippen LogP contribution in [-0.4, -0.2) is 22.5 Å². The van der Waals surface area contributed by atoms with Gasteiger partial charge in [-0.05, 0) is 19.4 Å². The third kappa shape index (κ3) is 3.95. The van der Waals surface area contributed by atoms with Crippen LogP contribution in [0.15, 0.2) is 40.3 Å². The predicted molar refractivity (Wildman–Crippen MR) is 81.2 cm³/mol. The number of nitrogens with one attached hydrogen (secondary N) is 1. The molecule has 0 amide bonds. The van der Waals surface area contributed by atoms with Gasteiger partial charge >= 0.3 is 0 Å². The molecule has 5 heteroatoms. The van der Waals surface area contributed by atoms with Crippen LogP contribution in [0, 0.1) is 6.92 Å². The Morgan fingerprint density at radius 1 is 1.30 bits per heavy atom. The standard InChI is InChI=1S/C15H18N2O2S/c1-3-19-10-20-15-16-13(11(2)14(18)17-15)9-12-7-5-4-6-8-12/h4-8H,3,9-10H2,1-2H3,(H,16,17,18). The van der Waals surface area contributed by atoms with E-state index in [1.807, 2.05) is 37.3 Å². The Morgan fingerprint density at radius 2 is 2.05 bits per heavy atom. The highest BCUT2D eigenvalue weighted by atomic mass is 32.2. The monoisotopic (exact) mass is 290 g/mol. The van der Waals surface area contributed by atoms with Gasteiger partial charge in [-0.25, -0.2) is 4.98 Å². The molecule has 1 aromatic carbocycles. The minimum absolute atomic E-state index is 0.0788. The van der Waals surface area contributed by atoms with Crippen molar-refractivity contribution in [3.63, 3.8) is 0 Å². The third-order valence-corrected chi connectivity index (χ3v) is 3.68. The number of aromatic amines is 1. The molecule has 0 saturated heterocycles. The number of ether oxygens (including phenoxy) is 1. The van der Waals surface area contributed by atoms with Crippen molar-refractivity contribution in [2.45, 2.75) is 25.4 Å². The minimum atomic E-state index is -0.0788. The van der Waals surface area contributed by atoms with Gasteiger partial charge in [0.2, 0.25) is 0 Å². The van der Waals surface area contributed by atoms with Gasteiger partial charge in [-0.3, -0.25) is 4.79 Å². The summed E-state index contributed by atoms with van der Waals surface area (Å²) in [6.45, 7) is 4.40. The van der Waals surface area contributed by atoms with Gasteiger partial charge in [-0.2, -0.15) is 0 Å². The van der Waals surface area contributed by atoms with E-state index in [9.17, 15) is 4.79 Å². The Labute approximate surface area is 122 Å². The van der Waals surface area contributed by atoms with E-state index < -0.39 is 0 Å². The highest BCUT2D eigenvalue weighted by Crippen LogP contribution is 2.15. The maximum atomic E-state index is 11.9. The average molecular weight is 290 g/mol. The van der Waals surface area contributed by atoms with Gasteiger partial charge in [0.1, 0.15) is 0 Å². The first kappa shape index (κ1) is 14.8. The molecule has 0 fully saturated rings. The van der Waals surface area contributed by atoms with Crippen molar-refractivity contribution in [1.29, 1.82) is 0 Å². The molecule has 2 aromatic rings. The normalized spacial score (nSPS) is 10.7. The molecule has 0 aliphatic carbocycles. The van der Waals surface area contributed by atoms with Crippen LogP contribution in [0.25, 0.3) is 0 Å². The van der Waals surface area contributed by atoms with E-state index >= 15 is 0 Å². The van der Waals surface area contributed by atoms with Gasteiger partial charge in [0.25, 0.3) is 5.56 Å². The fraction of sp³-hybridized carbons (Fsp3) is 0.333. The van der Waals surface area contributed by atoms with Crippen LogP contribution in [0.2, 0.25) is 0 Å². The average Bonchev–Trinajstić information content (AvgIpc) is 2.45. The summed E-state index contributed by atoms with van der Waals surface area (Å²) in [4.78, 5) is 19.2. The highest BCUT2D eigenvalue weighted by molar-refractivity contribution is 7.99. The number of H-pyrrole nitrogens is 1. The Kier molecular flexibility index (Phi) is 5.38. The molecule has 1 aromatic heterocycles. The summed E-state index contributed by atoms with van der Waals surface area (Å²) >= 11 is 1.40. The number of hydrogen-bond donors (Lipinski definition) is 1. The van der Waals surface area contributed by atoms with Crippen LogP contribution >= 0.6 is 11.8 Å². The molecule has 1 heterocycles.